The van der Waals surface area contributed by atoms with Crippen LogP contribution in [-0.2, 0) is 16.0 Å². The Hall–Kier alpha value is -2.40. The van der Waals surface area contributed by atoms with Crippen LogP contribution in [0.1, 0.15) is 79.5 Å². The number of thiophene rings is 1. The molecule has 0 fully saturated rings. The van der Waals surface area contributed by atoms with E-state index in [-0.39, 0.29) is 24.4 Å². The molecule has 0 saturated heterocycles. The van der Waals surface area contributed by atoms with Crippen molar-refractivity contribution in [1.29, 1.82) is 0 Å². The highest BCUT2D eigenvalue weighted by molar-refractivity contribution is 7.10. The largest absolute Gasteiger partial charge is 0.330 e. The molecule has 2 aromatic rings. The molecule has 178 valence electrons. The molecule has 0 saturated carbocycles. The van der Waals surface area contributed by atoms with Crippen LogP contribution >= 0.6 is 11.3 Å². The average Bonchev–Trinajstić information content (AvgIpc) is 3.30. The SMILES string of the molecule is C=CCN(CC(=O)N1CCc2sccc2C1c1ccc(C)cc1)C(=O)CCCCCCCC. The topological polar surface area (TPSA) is 40.6 Å². The molecule has 0 N–H and O–H groups in total. The van der Waals surface area contributed by atoms with Crippen molar-refractivity contribution in [1.82, 2.24) is 9.80 Å². The van der Waals surface area contributed by atoms with Gasteiger partial charge in [-0.05, 0) is 42.3 Å². The first-order valence-corrected chi connectivity index (χ1v) is 13.2. The first kappa shape index (κ1) is 25.2. The maximum absolute atomic E-state index is 13.5. The number of rotatable bonds is 12. The van der Waals surface area contributed by atoms with E-state index in [4.69, 9.17) is 0 Å². The molecule has 0 aliphatic carbocycles. The molecule has 1 unspecified atom stereocenters. The average molecular weight is 467 g/mol. The van der Waals surface area contributed by atoms with Crippen molar-refractivity contribution in [2.24, 2.45) is 0 Å². The van der Waals surface area contributed by atoms with Crippen molar-refractivity contribution in [3.63, 3.8) is 0 Å². The van der Waals surface area contributed by atoms with Crippen LogP contribution in [0.15, 0.2) is 48.4 Å². The summed E-state index contributed by atoms with van der Waals surface area (Å²) in [5.41, 5.74) is 3.55. The number of benzene rings is 1. The highest BCUT2D eigenvalue weighted by Crippen LogP contribution is 2.38. The lowest BCUT2D eigenvalue weighted by molar-refractivity contribution is -0.141. The quantitative estimate of drug-likeness (QED) is 0.272. The van der Waals surface area contributed by atoms with Crippen molar-refractivity contribution in [2.45, 2.75) is 71.3 Å². The maximum atomic E-state index is 13.5. The lowest BCUT2D eigenvalue weighted by Crippen LogP contribution is -2.46. The van der Waals surface area contributed by atoms with E-state index in [1.54, 1.807) is 22.3 Å². The summed E-state index contributed by atoms with van der Waals surface area (Å²) >= 11 is 1.77. The second-order valence-electron chi connectivity index (χ2n) is 9.03. The fourth-order valence-corrected chi connectivity index (χ4v) is 5.48. The summed E-state index contributed by atoms with van der Waals surface area (Å²) < 4.78 is 0. The van der Waals surface area contributed by atoms with Crippen LogP contribution in [-0.4, -0.2) is 41.2 Å². The van der Waals surface area contributed by atoms with Gasteiger partial charge in [0.15, 0.2) is 0 Å². The van der Waals surface area contributed by atoms with Gasteiger partial charge < -0.3 is 9.80 Å². The third kappa shape index (κ3) is 6.80. The van der Waals surface area contributed by atoms with Crippen molar-refractivity contribution in [3.05, 3.63) is 69.9 Å². The Balaban J connectivity index is 1.68. The summed E-state index contributed by atoms with van der Waals surface area (Å²) in [6.07, 6.45) is 9.95. The second-order valence-corrected chi connectivity index (χ2v) is 10.0. The zero-order valence-corrected chi connectivity index (χ0v) is 21.0. The van der Waals surface area contributed by atoms with E-state index < -0.39 is 0 Å². The molecule has 2 heterocycles. The number of carbonyl (C=O) groups is 2. The van der Waals surface area contributed by atoms with E-state index in [1.807, 2.05) is 4.90 Å². The van der Waals surface area contributed by atoms with Gasteiger partial charge in [-0.1, -0.05) is 74.9 Å². The van der Waals surface area contributed by atoms with Gasteiger partial charge in [0.05, 0.1) is 6.04 Å². The molecule has 33 heavy (non-hydrogen) atoms. The van der Waals surface area contributed by atoms with Gasteiger partial charge in [0.25, 0.3) is 0 Å². The van der Waals surface area contributed by atoms with Crippen molar-refractivity contribution < 1.29 is 9.59 Å². The van der Waals surface area contributed by atoms with Crippen LogP contribution in [0.3, 0.4) is 0 Å². The van der Waals surface area contributed by atoms with E-state index in [2.05, 4.69) is 56.1 Å². The molecule has 1 aliphatic heterocycles. The number of fused-ring (bicyclic) bond motifs is 1. The van der Waals surface area contributed by atoms with Crippen molar-refractivity contribution in [2.75, 3.05) is 19.6 Å². The highest BCUT2D eigenvalue weighted by atomic mass is 32.1. The summed E-state index contributed by atoms with van der Waals surface area (Å²) in [6.45, 7) is 9.29. The van der Waals surface area contributed by atoms with Gasteiger partial charge in [-0.3, -0.25) is 9.59 Å². The van der Waals surface area contributed by atoms with Gasteiger partial charge in [0, 0.05) is 24.4 Å². The van der Waals surface area contributed by atoms with Crippen molar-refractivity contribution >= 4 is 23.2 Å². The van der Waals surface area contributed by atoms with Crippen LogP contribution in [0.5, 0.6) is 0 Å². The zero-order valence-electron chi connectivity index (χ0n) is 20.2. The fraction of sp³-hybridized carbons (Fsp3) is 0.500. The second kappa shape index (κ2) is 12.7. The van der Waals surface area contributed by atoms with E-state index in [1.165, 1.54) is 41.7 Å². The van der Waals surface area contributed by atoms with Gasteiger partial charge in [0.2, 0.25) is 11.8 Å². The molecular formula is C28H38N2O2S. The molecule has 1 atom stereocenters. The van der Waals surface area contributed by atoms with Crippen LogP contribution in [0, 0.1) is 6.92 Å². The standard InChI is InChI=1S/C28H38N2O2S/c1-4-6-7-8-9-10-11-26(31)29(18-5-2)21-27(32)30-19-16-25-24(17-20-33-25)28(30)23-14-12-22(3)13-15-23/h5,12-15,17,20,28H,2,4,6-11,16,18-19,21H2,1,3H3. The van der Waals surface area contributed by atoms with Gasteiger partial charge in [-0.2, -0.15) is 0 Å². The van der Waals surface area contributed by atoms with Gasteiger partial charge in [-0.15, -0.1) is 17.9 Å². The van der Waals surface area contributed by atoms with Gasteiger partial charge in [0.1, 0.15) is 6.54 Å². The predicted octanol–water partition coefficient (Wildman–Crippen LogP) is 6.30. The fourth-order valence-electron chi connectivity index (χ4n) is 4.57. The first-order chi connectivity index (χ1) is 16.0. The van der Waals surface area contributed by atoms with Crippen LogP contribution < -0.4 is 0 Å². The molecule has 0 spiro atoms. The summed E-state index contributed by atoms with van der Waals surface area (Å²) in [4.78, 5) is 31.4. The molecule has 0 radical (unpaired) electrons. The van der Waals surface area contributed by atoms with E-state index in [0.29, 0.717) is 19.5 Å². The molecule has 0 bridgehead atoms. The zero-order chi connectivity index (χ0) is 23.6. The third-order valence-corrected chi connectivity index (χ3v) is 7.45. The number of unbranched alkanes of at least 4 members (excludes halogenated alkanes) is 5. The molecule has 4 nitrogen and oxygen atoms in total. The minimum Gasteiger partial charge on any atom is -0.330 e. The Kier molecular flexibility index (Phi) is 9.74. The normalized spacial score (nSPS) is 15.2. The van der Waals surface area contributed by atoms with E-state index in [9.17, 15) is 9.59 Å². The molecule has 1 aliphatic rings. The molecular weight excluding hydrogens is 428 g/mol. The highest BCUT2D eigenvalue weighted by Gasteiger charge is 2.33. The number of hydrogen-bond donors (Lipinski definition) is 0. The maximum Gasteiger partial charge on any atom is 0.243 e. The number of nitrogens with zero attached hydrogens (tertiary/aromatic N) is 2. The molecule has 2 amide bonds. The minimum atomic E-state index is -0.0904. The third-order valence-electron chi connectivity index (χ3n) is 6.45. The van der Waals surface area contributed by atoms with Crippen LogP contribution in [0.25, 0.3) is 0 Å². The predicted molar refractivity (Wildman–Crippen MR) is 138 cm³/mol. The van der Waals surface area contributed by atoms with Crippen molar-refractivity contribution in [3.8, 4) is 0 Å². The number of amides is 2. The molecule has 1 aromatic carbocycles. The smallest absolute Gasteiger partial charge is 0.243 e. The summed E-state index contributed by atoms with van der Waals surface area (Å²) in [7, 11) is 0. The summed E-state index contributed by atoms with van der Waals surface area (Å²) in [5, 5.41) is 2.12. The van der Waals surface area contributed by atoms with Crippen LogP contribution in [0.4, 0.5) is 0 Å². The Labute approximate surface area is 203 Å². The monoisotopic (exact) mass is 466 g/mol. The van der Waals surface area contributed by atoms with Crippen LogP contribution in [0.2, 0.25) is 0 Å². The molecule has 3 rings (SSSR count). The van der Waals surface area contributed by atoms with Gasteiger partial charge in [-0.25, -0.2) is 0 Å². The lowest BCUT2D eigenvalue weighted by atomic mass is 9.92. The Morgan fingerprint density at radius 3 is 2.58 bits per heavy atom. The minimum absolute atomic E-state index is 0.00979. The summed E-state index contributed by atoms with van der Waals surface area (Å²) in [6, 6.07) is 10.5. The van der Waals surface area contributed by atoms with E-state index >= 15 is 0 Å². The lowest BCUT2D eigenvalue weighted by Gasteiger charge is -2.37. The number of hydrogen-bond acceptors (Lipinski definition) is 3. The number of carbonyl (C=O) groups excluding carboxylic acids is 2. The molecule has 5 heteroatoms. The molecule has 1 aromatic heterocycles. The van der Waals surface area contributed by atoms with Gasteiger partial charge >= 0.3 is 0 Å². The van der Waals surface area contributed by atoms with E-state index in [0.717, 1.165) is 24.8 Å². The Bertz CT molecular complexity index is 918. The number of aryl methyl sites for hydroxylation is 1. The Morgan fingerprint density at radius 1 is 1.12 bits per heavy atom. The first-order valence-electron chi connectivity index (χ1n) is 12.4. The Morgan fingerprint density at radius 2 is 1.85 bits per heavy atom. The summed E-state index contributed by atoms with van der Waals surface area (Å²) in [5.74, 6) is 0.0643.